The third-order valence-electron chi connectivity index (χ3n) is 3.92. The van der Waals surface area contributed by atoms with Gasteiger partial charge in [0.25, 0.3) is 15.9 Å². The molecule has 2 aromatic rings. The third kappa shape index (κ3) is 4.42. The molecule has 1 aromatic heterocycles. The second kappa shape index (κ2) is 7.40. The van der Waals surface area contributed by atoms with Gasteiger partial charge in [-0.1, -0.05) is 12.1 Å². The van der Waals surface area contributed by atoms with Crippen LogP contribution in [0.5, 0.6) is 11.6 Å². The van der Waals surface area contributed by atoms with Crippen LogP contribution in [0.15, 0.2) is 45.9 Å². The average Bonchev–Trinajstić information content (AvgIpc) is 3.38. The van der Waals surface area contributed by atoms with Gasteiger partial charge in [-0.05, 0) is 46.6 Å². The number of hydrogen-bond acceptors (Lipinski definition) is 7. The van der Waals surface area contributed by atoms with E-state index in [1.165, 1.54) is 12.1 Å². The van der Waals surface area contributed by atoms with Crippen molar-refractivity contribution in [3.05, 3.63) is 46.4 Å². The largest absolute Gasteiger partial charge is 0.476 e. The summed E-state index contributed by atoms with van der Waals surface area (Å²) in [5.41, 5.74) is 4.54. The Hall–Kier alpha value is -2.66. The number of halogens is 1. The number of nitrogens with one attached hydrogen (secondary N) is 1. The van der Waals surface area contributed by atoms with Gasteiger partial charge in [0.2, 0.25) is 5.88 Å². The summed E-state index contributed by atoms with van der Waals surface area (Å²) >= 11 is 3.35. The van der Waals surface area contributed by atoms with Crippen molar-refractivity contribution in [1.82, 2.24) is 9.71 Å². The maximum absolute atomic E-state index is 12.6. The molecule has 1 fully saturated rings. The van der Waals surface area contributed by atoms with E-state index in [1.54, 1.807) is 12.1 Å². The molecule has 2 amide bonds. The van der Waals surface area contributed by atoms with E-state index in [2.05, 4.69) is 25.7 Å². The quantitative estimate of drug-likeness (QED) is 0.659. The number of hydrogen-bond donors (Lipinski definition) is 2. The highest BCUT2D eigenvalue weighted by atomic mass is 79.9. The van der Waals surface area contributed by atoms with Gasteiger partial charge in [0.1, 0.15) is 5.75 Å². The normalized spacial score (nSPS) is 14.8. The van der Waals surface area contributed by atoms with Gasteiger partial charge in [-0.15, -0.1) is 0 Å². The fourth-order valence-electron chi connectivity index (χ4n) is 2.36. The Morgan fingerprint density at radius 2 is 1.96 bits per heavy atom. The summed E-state index contributed by atoms with van der Waals surface area (Å²) in [6.07, 6.45) is -0.403. The van der Waals surface area contributed by atoms with Gasteiger partial charge < -0.3 is 15.2 Å². The standard InChI is InChI=1S/C17H16BrN3O6S/c1-10-5-6-11(18)12(9-10)27-17(7-8-17)15(22)21-28(24,25)14-4-2-3-13(20-14)26-16(19)23/h2-6,9H,7-8H2,1H3,(H2,19,23)(H,21,22). The number of amides is 2. The van der Waals surface area contributed by atoms with Crippen molar-refractivity contribution in [2.75, 3.05) is 0 Å². The number of aromatic nitrogens is 1. The number of nitrogens with zero attached hydrogens (tertiary/aromatic N) is 1. The Balaban J connectivity index is 1.78. The number of pyridine rings is 1. The number of ether oxygens (including phenoxy) is 2. The number of nitrogens with two attached hydrogens (primary N) is 1. The van der Waals surface area contributed by atoms with Gasteiger partial charge in [-0.25, -0.2) is 9.52 Å². The third-order valence-corrected chi connectivity index (χ3v) is 5.80. The van der Waals surface area contributed by atoms with Crippen LogP contribution in [0.3, 0.4) is 0 Å². The minimum Gasteiger partial charge on any atom is -0.476 e. The highest BCUT2D eigenvalue weighted by Crippen LogP contribution is 2.43. The SMILES string of the molecule is Cc1ccc(Br)c(OC2(C(=O)NS(=O)(=O)c3cccc(OC(N)=O)n3)CC2)c1. The Labute approximate surface area is 169 Å². The summed E-state index contributed by atoms with van der Waals surface area (Å²) < 4.78 is 38.0. The van der Waals surface area contributed by atoms with Crippen LogP contribution in [0.25, 0.3) is 0 Å². The lowest BCUT2D eigenvalue weighted by Crippen LogP contribution is -2.43. The summed E-state index contributed by atoms with van der Waals surface area (Å²) in [6.45, 7) is 1.87. The highest BCUT2D eigenvalue weighted by Gasteiger charge is 2.54. The Morgan fingerprint density at radius 1 is 1.25 bits per heavy atom. The second-order valence-electron chi connectivity index (χ2n) is 6.20. The molecule has 3 rings (SSSR count). The van der Waals surface area contributed by atoms with E-state index in [0.717, 1.165) is 11.6 Å². The van der Waals surface area contributed by atoms with E-state index in [1.807, 2.05) is 17.7 Å². The van der Waals surface area contributed by atoms with Crippen LogP contribution in [0.2, 0.25) is 0 Å². The zero-order valence-electron chi connectivity index (χ0n) is 14.6. The van der Waals surface area contributed by atoms with Gasteiger partial charge in [0, 0.05) is 18.9 Å². The zero-order chi connectivity index (χ0) is 20.5. The van der Waals surface area contributed by atoms with Crippen LogP contribution in [0.4, 0.5) is 4.79 Å². The zero-order valence-corrected chi connectivity index (χ0v) is 17.0. The van der Waals surface area contributed by atoms with Crippen LogP contribution in [0.1, 0.15) is 18.4 Å². The first-order valence-electron chi connectivity index (χ1n) is 8.08. The predicted octanol–water partition coefficient (Wildman–Crippen LogP) is 2.03. The van der Waals surface area contributed by atoms with Gasteiger partial charge >= 0.3 is 6.09 Å². The Morgan fingerprint density at radius 3 is 2.61 bits per heavy atom. The number of carbonyl (C=O) groups excluding carboxylic acids is 2. The molecule has 1 heterocycles. The number of carbonyl (C=O) groups is 2. The molecule has 1 aliphatic rings. The Bertz CT molecular complexity index is 1050. The summed E-state index contributed by atoms with van der Waals surface area (Å²) in [4.78, 5) is 27.1. The fraction of sp³-hybridized carbons (Fsp3) is 0.235. The van der Waals surface area contributed by atoms with E-state index in [4.69, 9.17) is 10.5 Å². The van der Waals surface area contributed by atoms with Gasteiger partial charge in [0.05, 0.1) is 4.47 Å². The molecule has 148 valence electrons. The summed E-state index contributed by atoms with van der Waals surface area (Å²) in [7, 11) is -4.31. The van der Waals surface area contributed by atoms with Crippen molar-refractivity contribution in [3.63, 3.8) is 0 Å². The molecule has 0 spiro atoms. The van der Waals surface area contributed by atoms with Crippen molar-refractivity contribution in [2.45, 2.75) is 30.4 Å². The average molecular weight is 470 g/mol. The number of primary amides is 1. The molecular weight excluding hydrogens is 454 g/mol. The van der Waals surface area contributed by atoms with Crippen molar-refractivity contribution in [1.29, 1.82) is 0 Å². The number of aryl methyl sites for hydroxylation is 1. The number of rotatable bonds is 6. The van der Waals surface area contributed by atoms with E-state index in [-0.39, 0.29) is 5.88 Å². The lowest BCUT2D eigenvalue weighted by molar-refractivity contribution is -0.128. The molecule has 0 radical (unpaired) electrons. The number of benzene rings is 1. The molecule has 9 nitrogen and oxygen atoms in total. The first kappa shape index (κ1) is 20.1. The number of sulfonamides is 1. The molecule has 3 N–H and O–H groups in total. The highest BCUT2D eigenvalue weighted by molar-refractivity contribution is 9.10. The van der Waals surface area contributed by atoms with E-state index in [0.29, 0.717) is 23.1 Å². The van der Waals surface area contributed by atoms with E-state index < -0.39 is 32.7 Å². The van der Waals surface area contributed by atoms with Crippen LogP contribution in [-0.2, 0) is 14.8 Å². The maximum atomic E-state index is 12.6. The lowest BCUT2D eigenvalue weighted by Gasteiger charge is -2.19. The molecule has 11 heteroatoms. The summed E-state index contributed by atoms with van der Waals surface area (Å²) in [5, 5.41) is -0.493. The molecule has 1 saturated carbocycles. The minimum absolute atomic E-state index is 0.302. The molecule has 28 heavy (non-hydrogen) atoms. The van der Waals surface area contributed by atoms with Crippen molar-refractivity contribution >= 4 is 38.0 Å². The van der Waals surface area contributed by atoms with E-state index in [9.17, 15) is 18.0 Å². The van der Waals surface area contributed by atoms with Crippen LogP contribution >= 0.6 is 15.9 Å². The van der Waals surface area contributed by atoms with E-state index >= 15 is 0 Å². The maximum Gasteiger partial charge on any atom is 0.411 e. The van der Waals surface area contributed by atoms with Crippen molar-refractivity contribution in [2.24, 2.45) is 5.73 Å². The molecule has 1 aliphatic carbocycles. The van der Waals surface area contributed by atoms with Gasteiger partial charge in [-0.2, -0.15) is 13.4 Å². The van der Waals surface area contributed by atoms with Crippen molar-refractivity contribution < 1.29 is 27.5 Å². The predicted molar refractivity (Wildman–Crippen MR) is 101 cm³/mol. The monoisotopic (exact) mass is 469 g/mol. The molecule has 1 aromatic carbocycles. The smallest absolute Gasteiger partial charge is 0.411 e. The molecule has 0 saturated heterocycles. The van der Waals surface area contributed by atoms with Crippen molar-refractivity contribution in [3.8, 4) is 11.6 Å². The van der Waals surface area contributed by atoms with Crippen LogP contribution in [-0.4, -0.2) is 31.0 Å². The lowest BCUT2D eigenvalue weighted by atomic mass is 10.2. The van der Waals surface area contributed by atoms with Crippen LogP contribution in [0, 0.1) is 6.92 Å². The molecule has 0 aliphatic heterocycles. The summed E-state index contributed by atoms with van der Waals surface area (Å²) in [5.74, 6) is -0.659. The Kier molecular flexibility index (Phi) is 5.31. The summed E-state index contributed by atoms with van der Waals surface area (Å²) in [6, 6.07) is 9.11. The van der Waals surface area contributed by atoms with Crippen LogP contribution < -0.4 is 19.9 Å². The molecule has 0 unspecified atom stereocenters. The molecular formula is C17H16BrN3O6S. The molecule has 0 bridgehead atoms. The topological polar surface area (TPSA) is 138 Å². The van der Waals surface area contributed by atoms with Gasteiger partial charge in [-0.3, -0.25) is 4.79 Å². The second-order valence-corrected chi connectivity index (χ2v) is 8.68. The van der Waals surface area contributed by atoms with Gasteiger partial charge in [0.15, 0.2) is 10.6 Å². The fourth-order valence-corrected chi connectivity index (χ4v) is 3.69. The first-order chi connectivity index (χ1) is 13.1. The molecule has 0 atom stereocenters. The minimum atomic E-state index is -4.31. The first-order valence-corrected chi connectivity index (χ1v) is 10.4.